The van der Waals surface area contributed by atoms with Gasteiger partial charge in [0.05, 0.1) is 18.5 Å². The first-order valence-corrected chi connectivity index (χ1v) is 10.9. The molecule has 1 fully saturated rings. The molecule has 0 aliphatic carbocycles. The second-order valence-electron chi connectivity index (χ2n) is 6.35. The first kappa shape index (κ1) is 19.7. The second kappa shape index (κ2) is 8.39. The maximum atomic E-state index is 13.3. The summed E-state index contributed by atoms with van der Waals surface area (Å²) in [4.78, 5) is 23.7. The topological polar surface area (TPSA) is 45.1 Å². The molecule has 29 heavy (non-hydrogen) atoms. The third kappa shape index (κ3) is 3.68. The van der Waals surface area contributed by atoms with E-state index in [2.05, 4.69) is 30.5 Å². The van der Waals surface area contributed by atoms with Gasteiger partial charge in [0, 0.05) is 18.0 Å². The summed E-state index contributed by atoms with van der Waals surface area (Å²) < 4.78 is 5.21. The van der Waals surface area contributed by atoms with Gasteiger partial charge in [-0.05, 0) is 55.1 Å². The number of hydrogen-bond acceptors (Lipinski definition) is 6. The number of hydrogen-bond donors (Lipinski definition) is 0. The van der Waals surface area contributed by atoms with Crippen LogP contribution in [0.4, 0.5) is 11.4 Å². The van der Waals surface area contributed by atoms with E-state index in [1.807, 2.05) is 36.4 Å². The highest BCUT2D eigenvalue weighted by atomic mass is 32.2. The Kier molecular flexibility index (Phi) is 5.69. The summed E-state index contributed by atoms with van der Waals surface area (Å²) in [6, 6.07) is 15.7. The van der Waals surface area contributed by atoms with E-state index in [9.17, 15) is 4.79 Å². The maximum absolute atomic E-state index is 13.3. The predicted octanol–water partition coefficient (Wildman–Crippen LogP) is 5.25. The van der Waals surface area contributed by atoms with Crippen LogP contribution in [0.5, 0.6) is 5.75 Å². The standard InChI is InChI=1S/C22H21N3O2S2/c1-4-14-25-20(26)19(21-24(5-2)17-8-6-7-9-18(17)28-21)29-22(25)23-15-10-12-16(27-3)13-11-15/h4,6-13H,1,5,14H2,2-3H3/b21-19-,23-22?. The summed E-state index contributed by atoms with van der Waals surface area (Å²) in [6.07, 6.45) is 1.73. The molecule has 0 atom stereocenters. The molecule has 0 radical (unpaired) electrons. The minimum absolute atomic E-state index is 0.0316. The lowest BCUT2D eigenvalue weighted by molar-refractivity contribution is -0.121. The molecule has 7 heteroatoms. The Morgan fingerprint density at radius 1 is 1.10 bits per heavy atom. The number of fused-ring (bicyclic) bond motifs is 1. The molecular weight excluding hydrogens is 402 g/mol. The third-order valence-electron chi connectivity index (χ3n) is 4.59. The van der Waals surface area contributed by atoms with Gasteiger partial charge >= 0.3 is 0 Å². The van der Waals surface area contributed by atoms with Crippen LogP contribution in [-0.4, -0.2) is 36.2 Å². The number of amidine groups is 1. The fourth-order valence-electron chi connectivity index (χ4n) is 3.19. The van der Waals surface area contributed by atoms with E-state index in [1.54, 1.807) is 29.8 Å². The molecule has 5 nitrogen and oxygen atoms in total. The van der Waals surface area contributed by atoms with Gasteiger partial charge in [-0.25, -0.2) is 4.99 Å². The van der Waals surface area contributed by atoms with E-state index >= 15 is 0 Å². The highest BCUT2D eigenvalue weighted by Crippen LogP contribution is 2.50. The normalized spacial score (nSPS) is 19.8. The zero-order valence-electron chi connectivity index (χ0n) is 16.3. The largest absolute Gasteiger partial charge is 0.497 e. The molecule has 0 bridgehead atoms. The summed E-state index contributed by atoms with van der Waals surface area (Å²) in [5.74, 6) is 0.740. The SMILES string of the molecule is C=CCN1C(=O)/C(=C2/Sc3ccccc3N2CC)SC1=Nc1ccc(OC)cc1. The van der Waals surface area contributed by atoms with E-state index < -0.39 is 0 Å². The third-order valence-corrected chi connectivity index (χ3v) is 6.97. The molecule has 4 rings (SSSR count). The molecule has 2 aromatic rings. The number of para-hydroxylation sites is 1. The number of thioether (sulfide) groups is 2. The van der Waals surface area contributed by atoms with Crippen LogP contribution in [0.1, 0.15) is 6.92 Å². The summed E-state index contributed by atoms with van der Waals surface area (Å²) in [7, 11) is 1.63. The van der Waals surface area contributed by atoms with Crippen molar-refractivity contribution in [2.75, 3.05) is 25.1 Å². The lowest BCUT2D eigenvalue weighted by atomic mass is 10.3. The number of methoxy groups -OCH3 is 1. The number of aliphatic imine (C=N–C) groups is 1. The molecule has 0 spiro atoms. The van der Waals surface area contributed by atoms with Crippen molar-refractivity contribution in [3.05, 3.63) is 71.1 Å². The Bertz CT molecular complexity index is 1010. The number of anilines is 1. The van der Waals surface area contributed by atoms with Crippen molar-refractivity contribution >= 4 is 46.0 Å². The Labute approximate surface area is 179 Å². The molecular formula is C22H21N3O2S2. The Balaban J connectivity index is 1.73. The van der Waals surface area contributed by atoms with Gasteiger partial charge in [0.25, 0.3) is 5.91 Å². The van der Waals surface area contributed by atoms with Gasteiger partial charge in [0.1, 0.15) is 15.7 Å². The van der Waals surface area contributed by atoms with Crippen LogP contribution in [0.2, 0.25) is 0 Å². The lowest BCUT2D eigenvalue weighted by Crippen LogP contribution is -2.30. The number of benzene rings is 2. The van der Waals surface area contributed by atoms with Gasteiger partial charge < -0.3 is 9.64 Å². The van der Waals surface area contributed by atoms with Crippen molar-refractivity contribution in [2.45, 2.75) is 11.8 Å². The van der Waals surface area contributed by atoms with Crippen molar-refractivity contribution in [2.24, 2.45) is 4.99 Å². The molecule has 1 saturated heterocycles. The fraction of sp³-hybridized carbons (Fsp3) is 0.182. The van der Waals surface area contributed by atoms with Gasteiger partial charge in [-0.15, -0.1) is 6.58 Å². The Hall–Kier alpha value is -2.64. The van der Waals surface area contributed by atoms with Crippen LogP contribution in [0.25, 0.3) is 0 Å². The van der Waals surface area contributed by atoms with E-state index in [4.69, 9.17) is 9.73 Å². The summed E-state index contributed by atoms with van der Waals surface area (Å²) in [5, 5.41) is 1.63. The molecule has 0 unspecified atom stereocenters. The number of carbonyl (C=O) groups excluding carboxylic acids is 1. The highest BCUT2D eigenvalue weighted by molar-refractivity contribution is 8.19. The second-order valence-corrected chi connectivity index (χ2v) is 8.36. The summed E-state index contributed by atoms with van der Waals surface area (Å²) in [6.45, 7) is 7.11. The van der Waals surface area contributed by atoms with E-state index in [1.165, 1.54) is 16.7 Å². The zero-order chi connectivity index (χ0) is 20.4. The molecule has 2 aromatic carbocycles. The minimum Gasteiger partial charge on any atom is -0.497 e. The van der Waals surface area contributed by atoms with Gasteiger partial charge in [0.15, 0.2) is 5.17 Å². The van der Waals surface area contributed by atoms with Gasteiger partial charge in [-0.2, -0.15) is 0 Å². The molecule has 148 valence electrons. The average molecular weight is 424 g/mol. The van der Waals surface area contributed by atoms with Crippen molar-refractivity contribution in [1.29, 1.82) is 0 Å². The van der Waals surface area contributed by atoms with Crippen LogP contribution < -0.4 is 9.64 Å². The Morgan fingerprint density at radius 3 is 2.55 bits per heavy atom. The molecule has 2 aliphatic rings. The van der Waals surface area contributed by atoms with Crippen molar-refractivity contribution in [1.82, 2.24) is 4.90 Å². The first-order valence-electron chi connectivity index (χ1n) is 9.28. The van der Waals surface area contributed by atoms with E-state index in [0.717, 1.165) is 28.7 Å². The number of ether oxygens (including phenoxy) is 1. The monoisotopic (exact) mass is 423 g/mol. The van der Waals surface area contributed by atoms with Gasteiger partial charge in [-0.1, -0.05) is 30.0 Å². The molecule has 2 aliphatic heterocycles. The zero-order valence-corrected chi connectivity index (χ0v) is 17.9. The van der Waals surface area contributed by atoms with E-state index in [-0.39, 0.29) is 5.91 Å². The number of rotatable bonds is 5. The first-order chi connectivity index (χ1) is 14.2. The summed E-state index contributed by atoms with van der Waals surface area (Å²) in [5.41, 5.74) is 1.92. The molecule has 0 aromatic heterocycles. The van der Waals surface area contributed by atoms with Crippen LogP contribution in [0.3, 0.4) is 0 Å². The minimum atomic E-state index is -0.0316. The van der Waals surface area contributed by atoms with Crippen molar-refractivity contribution < 1.29 is 9.53 Å². The quantitative estimate of drug-likeness (QED) is 0.486. The highest BCUT2D eigenvalue weighted by Gasteiger charge is 2.39. The Morgan fingerprint density at radius 2 is 1.86 bits per heavy atom. The number of carbonyl (C=O) groups is 1. The van der Waals surface area contributed by atoms with E-state index in [0.29, 0.717) is 16.6 Å². The molecule has 0 saturated carbocycles. The molecule has 0 N–H and O–H groups in total. The number of nitrogens with zero attached hydrogens (tertiary/aromatic N) is 3. The summed E-state index contributed by atoms with van der Waals surface area (Å²) >= 11 is 3.07. The van der Waals surface area contributed by atoms with Crippen LogP contribution >= 0.6 is 23.5 Å². The van der Waals surface area contributed by atoms with Gasteiger partial charge in [0.2, 0.25) is 0 Å². The lowest BCUT2D eigenvalue weighted by Gasteiger charge is -2.19. The maximum Gasteiger partial charge on any atom is 0.269 e. The molecule has 1 amide bonds. The van der Waals surface area contributed by atoms with Gasteiger partial charge in [-0.3, -0.25) is 9.69 Å². The van der Waals surface area contributed by atoms with Crippen molar-refractivity contribution in [3.63, 3.8) is 0 Å². The smallest absolute Gasteiger partial charge is 0.269 e. The molecule has 2 heterocycles. The van der Waals surface area contributed by atoms with Crippen LogP contribution in [0, 0.1) is 0 Å². The predicted molar refractivity (Wildman–Crippen MR) is 122 cm³/mol. The van der Waals surface area contributed by atoms with Crippen LogP contribution in [-0.2, 0) is 4.79 Å². The number of amides is 1. The fourth-order valence-corrected chi connectivity index (χ4v) is 5.59. The average Bonchev–Trinajstić information content (AvgIpc) is 3.27. The van der Waals surface area contributed by atoms with Crippen LogP contribution in [0.15, 0.2) is 81.0 Å². The van der Waals surface area contributed by atoms with Crippen molar-refractivity contribution in [3.8, 4) is 5.75 Å².